The summed E-state index contributed by atoms with van der Waals surface area (Å²) in [7, 11) is 0. The van der Waals surface area contributed by atoms with Crippen molar-refractivity contribution in [2.24, 2.45) is 0 Å². The van der Waals surface area contributed by atoms with Crippen molar-refractivity contribution in [1.29, 1.82) is 0 Å². The predicted molar refractivity (Wildman–Crippen MR) is 77.9 cm³/mol. The van der Waals surface area contributed by atoms with Crippen LogP contribution in [0.4, 0.5) is 24.5 Å². The Morgan fingerprint density at radius 1 is 0.864 bits per heavy atom. The van der Waals surface area contributed by atoms with Crippen LogP contribution in [0.5, 0.6) is 0 Å². The van der Waals surface area contributed by atoms with Crippen LogP contribution in [-0.2, 0) is 6.18 Å². The first-order valence-corrected chi connectivity index (χ1v) is 6.96. The summed E-state index contributed by atoms with van der Waals surface area (Å²) in [5.74, 6) is 0. The summed E-state index contributed by atoms with van der Waals surface area (Å²) >= 11 is 0. The van der Waals surface area contributed by atoms with Gasteiger partial charge in [-0.2, -0.15) is 13.2 Å². The van der Waals surface area contributed by atoms with E-state index in [1.165, 1.54) is 18.5 Å². The lowest BCUT2D eigenvalue weighted by Crippen LogP contribution is -2.46. The van der Waals surface area contributed by atoms with E-state index in [0.29, 0.717) is 18.8 Å². The van der Waals surface area contributed by atoms with Gasteiger partial charge in [0.05, 0.1) is 23.6 Å². The van der Waals surface area contributed by atoms with Gasteiger partial charge in [-0.05, 0) is 18.2 Å². The summed E-state index contributed by atoms with van der Waals surface area (Å²) in [6.07, 6.45) is 0.654. The molecule has 1 aliphatic heterocycles. The van der Waals surface area contributed by atoms with Crippen LogP contribution in [0.3, 0.4) is 0 Å². The van der Waals surface area contributed by atoms with Gasteiger partial charge in [-0.3, -0.25) is 0 Å². The molecule has 1 aromatic carbocycles. The highest BCUT2D eigenvalue weighted by Gasteiger charge is 2.31. The molecule has 0 amide bonds. The minimum Gasteiger partial charge on any atom is -0.368 e. The summed E-state index contributed by atoms with van der Waals surface area (Å²) in [6, 6.07) is 5.48. The van der Waals surface area contributed by atoms with Crippen molar-refractivity contribution < 1.29 is 13.2 Å². The van der Waals surface area contributed by atoms with Crippen LogP contribution in [0.25, 0.3) is 0 Å². The number of piperazine rings is 1. The predicted octanol–water partition coefficient (Wildman–Crippen LogP) is 2.82. The molecule has 0 spiro atoms. The molecule has 0 aliphatic carbocycles. The van der Waals surface area contributed by atoms with Gasteiger partial charge < -0.3 is 9.80 Å². The molecule has 1 aliphatic rings. The van der Waals surface area contributed by atoms with E-state index in [9.17, 15) is 13.2 Å². The van der Waals surface area contributed by atoms with E-state index in [-0.39, 0.29) is 0 Å². The fraction of sp³-hybridized carbons (Fsp3) is 0.333. The topological polar surface area (TPSA) is 32.3 Å². The Morgan fingerprint density at radius 3 is 2.05 bits per heavy atom. The molecule has 2 heterocycles. The molecule has 0 unspecified atom stereocenters. The molecule has 4 nitrogen and oxygen atoms in total. The number of aromatic nitrogens is 2. The molecular weight excluding hydrogens is 293 g/mol. The Labute approximate surface area is 126 Å². The van der Waals surface area contributed by atoms with Crippen molar-refractivity contribution in [3.8, 4) is 0 Å². The SMILES string of the molecule is FC(F)(F)c1cccc(N2CCN(c3cncnc3)CC2)c1. The smallest absolute Gasteiger partial charge is 0.368 e. The van der Waals surface area contributed by atoms with Gasteiger partial charge in [0.2, 0.25) is 0 Å². The largest absolute Gasteiger partial charge is 0.416 e. The number of benzene rings is 1. The van der Waals surface area contributed by atoms with Gasteiger partial charge in [0.1, 0.15) is 6.33 Å². The average molecular weight is 308 g/mol. The van der Waals surface area contributed by atoms with E-state index < -0.39 is 11.7 Å². The van der Waals surface area contributed by atoms with Crippen LogP contribution >= 0.6 is 0 Å². The second-order valence-electron chi connectivity index (χ2n) is 5.12. The zero-order chi connectivity index (χ0) is 15.6. The fourth-order valence-electron chi connectivity index (χ4n) is 2.56. The zero-order valence-electron chi connectivity index (χ0n) is 11.8. The molecule has 0 bridgehead atoms. The van der Waals surface area contributed by atoms with E-state index in [2.05, 4.69) is 14.9 Å². The normalized spacial score (nSPS) is 16.0. The van der Waals surface area contributed by atoms with Crippen LogP contribution in [0.15, 0.2) is 43.0 Å². The van der Waals surface area contributed by atoms with Crippen molar-refractivity contribution >= 4 is 11.4 Å². The van der Waals surface area contributed by atoms with Crippen LogP contribution < -0.4 is 9.80 Å². The number of halogens is 3. The quantitative estimate of drug-likeness (QED) is 0.854. The molecular formula is C15H15F3N4. The van der Waals surface area contributed by atoms with Crippen LogP contribution in [0.1, 0.15) is 5.56 Å². The lowest BCUT2D eigenvalue weighted by Gasteiger charge is -2.37. The van der Waals surface area contributed by atoms with Crippen molar-refractivity contribution in [2.45, 2.75) is 6.18 Å². The van der Waals surface area contributed by atoms with Crippen molar-refractivity contribution in [2.75, 3.05) is 36.0 Å². The maximum absolute atomic E-state index is 12.8. The number of rotatable bonds is 2. The van der Waals surface area contributed by atoms with Crippen LogP contribution in [0, 0.1) is 0 Å². The minimum atomic E-state index is -4.31. The number of hydrogen-bond acceptors (Lipinski definition) is 4. The molecule has 1 saturated heterocycles. The van der Waals surface area contributed by atoms with E-state index in [4.69, 9.17) is 0 Å². The molecule has 0 atom stereocenters. The first-order valence-electron chi connectivity index (χ1n) is 6.96. The Morgan fingerprint density at radius 2 is 1.45 bits per heavy atom. The third-order valence-electron chi connectivity index (χ3n) is 3.73. The van der Waals surface area contributed by atoms with E-state index >= 15 is 0 Å². The van der Waals surface area contributed by atoms with Gasteiger partial charge in [-0.25, -0.2) is 9.97 Å². The molecule has 116 valence electrons. The number of nitrogens with zero attached hydrogens (tertiary/aromatic N) is 4. The van der Waals surface area contributed by atoms with Gasteiger partial charge in [-0.15, -0.1) is 0 Å². The summed E-state index contributed by atoms with van der Waals surface area (Å²) < 4.78 is 38.3. The third kappa shape index (κ3) is 3.13. The first kappa shape index (κ1) is 14.6. The average Bonchev–Trinajstić information content (AvgIpc) is 2.55. The molecule has 3 rings (SSSR count). The first-order chi connectivity index (χ1) is 10.5. The Hall–Kier alpha value is -2.31. The maximum atomic E-state index is 12.8. The Balaban J connectivity index is 1.69. The highest BCUT2D eigenvalue weighted by Crippen LogP contribution is 2.32. The molecule has 2 aromatic rings. The number of alkyl halides is 3. The summed E-state index contributed by atoms with van der Waals surface area (Å²) in [5.41, 5.74) is 0.939. The lowest BCUT2D eigenvalue weighted by molar-refractivity contribution is -0.137. The molecule has 0 radical (unpaired) electrons. The zero-order valence-corrected chi connectivity index (χ0v) is 11.8. The monoisotopic (exact) mass is 308 g/mol. The fourth-order valence-corrected chi connectivity index (χ4v) is 2.56. The van der Waals surface area contributed by atoms with E-state index in [1.807, 2.05) is 4.90 Å². The third-order valence-corrected chi connectivity index (χ3v) is 3.73. The van der Waals surface area contributed by atoms with Crippen LogP contribution in [0.2, 0.25) is 0 Å². The van der Waals surface area contributed by atoms with Crippen molar-refractivity contribution in [1.82, 2.24) is 9.97 Å². The molecule has 7 heteroatoms. The standard InChI is InChI=1S/C15H15F3N4/c16-15(17,18)12-2-1-3-13(8-12)21-4-6-22(7-5-21)14-9-19-11-20-10-14/h1-3,8-11H,4-7H2. The number of anilines is 2. The minimum absolute atomic E-state index is 0.608. The van der Waals surface area contributed by atoms with Crippen molar-refractivity contribution in [3.05, 3.63) is 48.5 Å². The summed E-state index contributed by atoms with van der Waals surface area (Å²) in [4.78, 5) is 12.1. The highest BCUT2D eigenvalue weighted by atomic mass is 19.4. The Bertz CT molecular complexity index is 622. The van der Waals surface area contributed by atoms with Crippen LogP contribution in [-0.4, -0.2) is 36.1 Å². The molecule has 1 fully saturated rings. The molecule has 22 heavy (non-hydrogen) atoms. The summed E-state index contributed by atoms with van der Waals surface area (Å²) in [6.45, 7) is 2.78. The molecule has 0 saturated carbocycles. The molecule has 0 N–H and O–H groups in total. The van der Waals surface area contributed by atoms with Gasteiger partial charge in [-0.1, -0.05) is 6.07 Å². The van der Waals surface area contributed by atoms with Gasteiger partial charge in [0.25, 0.3) is 0 Å². The van der Waals surface area contributed by atoms with Gasteiger partial charge in [0, 0.05) is 31.9 Å². The Kier molecular flexibility index (Phi) is 3.87. The summed E-state index contributed by atoms with van der Waals surface area (Å²) in [5, 5.41) is 0. The number of hydrogen-bond donors (Lipinski definition) is 0. The van der Waals surface area contributed by atoms with Gasteiger partial charge in [0.15, 0.2) is 0 Å². The molecule has 1 aromatic heterocycles. The van der Waals surface area contributed by atoms with E-state index in [1.54, 1.807) is 18.5 Å². The van der Waals surface area contributed by atoms with Crippen molar-refractivity contribution in [3.63, 3.8) is 0 Å². The second kappa shape index (κ2) is 5.82. The lowest BCUT2D eigenvalue weighted by atomic mass is 10.1. The maximum Gasteiger partial charge on any atom is 0.416 e. The van der Waals surface area contributed by atoms with E-state index in [0.717, 1.165) is 24.8 Å². The second-order valence-corrected chi connectivity index (χ2v) is 5.12. The highest BCUT2D eigenvalue weighted by molar-refractivity contribution is 5.52. The van der Waals surface area contributed by atoms with Gasteiger partial charge >= 0.3 is 6.18 Å².